The molecule has 2 rings (SSSR count). The number of aromatic nitrogens is 2. The zero-order valence-electron chi connectivity index (χ0n) is 11.4. The van der Waals surface area contributed by atoms with Gasteiger partial charge in [0.05, 0.1) is 35.6 Å². The number of hydrogen-bond donors (Lipinski definition) is 1. The van der Waals surface area contributed by atoms with Crippen molar-refractivity contribution in [2.45, 2.75) is 19.5 Å². The first-order chi connectivity index (χ1) is 9.56. The molecule has 20 heavy (non-hydrogen) atoms. The Morgan fingerprint density at radius 1 is 1.50 bits per heavy atom. The fourth-order valence-corrected chi connectivity index (χ4v) is 2.87. The molecule has 0 saturated carbocycles. The number of rotatable bonds is 5. The van der Waals surface area contributed by atoms with E-state index in [4.69, 9.17) is 22.1 Å². The van der Waals surface area contributed by atoms with E-state index in [1.54, 1.807) is 13.3 Å². The Morgan fingerprint density at radius 2 is 2.25 bits per heavy atom. The van der Waals surface area contributed by atoms with Gasteiger partial charge in [-0.3, -0.25) is 4.68 Å². The molecule has 0 saturated heterocycles. The minimum Gasteiger partial charge on any atom is -0.383 e. The summed E-state index contributed by atoms with van der Waals surface area (Å²) in [5.41, 5.74) is 9.33. The highest BCUT2D eigenvalue weighted by molar-refractivity contribution is 9.10. The van der Waals surface area contributed by atoms with E-state index in [-0.39, 0.29) is 6.04 Å². The van der Waals surface area contributed by atoms with E-state index in [1.165, 1.54) is 0 Å². The van der Waals surface area contributed by atoms with Crippen molar-refractivity contribution in [2.24, 2.45) is 5.73 Å². The minimum atomic E-state index is -0.289. The van der Waals surface area contributed by atoms with Crippen LogP contribution in [0.25, 0.3) is 0 Å². The van der Waals surface area contributed by atoms with Gasteiger partial charge in [0.1, 0.15) is 0 Å². The van der Waals surface area contributed by atoms with Crippen LogP contribution in [-0.2, 0) is 11.3 Å². The summed E-state index contributed by atoms with van der Waals surface area (Å²) in [5, 5.41) is 5.05. The molecule has 1 aromatic heterocycles. The molecule has 1 unspecified atom stereocenters. The minimum absolute atomic E-state index is 0.289. The smallest absolute Gasteiger partial charge is 0.0740 e. The molecule has 1 heterocycles. The predicted molar refractivity (Wildman–Crippen MR) is 84.0 cm³/mol. The molecule has 1 atom stereocenters. The quantitative estimate of drug-likeness (QED) is 0.892. The van der Waals surface area contributed by atoms with E-state index in [2.05, 4.69) is 21.0 Å². The van der Waals surface area contributed by atoms with Crippen LogP contribution in [0, 0.1) is 6.92 Å². The SMILES string of the molecule is COCCn1ncc(Br)c1C(N)c1cccc(Cl)c1C. The van der Waals surface area contributed by atoms with Gasteiger partial charge >= 0.3 is 0 Å². The lowest BCUT2D eigenvalue weighted by molar-refractivity contribution is 0.182. The summed E-state index contributed by atoms with van der Waals surface area (Å²) in [6, 6.07) is 5.48. The molecule has 0 aliphatic rings. The first-order valence-corrected chi connectivity index (χ1v) is 7.44. The number of halogens is 2. The second-order valence-corrected chi connectivity index (χ2v) is 5.79. The maximum atomic E-state index is 6.41. The maximum absolute atomic E-state index is 6.41. The summed E-state index contributed by atoms with van der Waals surface area (Å²) in [5.74, 6) is 0. The standard InChI is InChI=1S/C14H17BrClN3O/c1-9-10(4-3-5-12(9)16)13(17)14-11(15)8-18-19(14)6-7-20-2/h3-5,8,13H,6-7,17H2,1-2H3. The van der Waals surface area contributed by atoms with Crippen molar-refractivity contribution in [3.63, 3.8) is 0 Å². The Hall–Kier alpha value is -0.880. The molecule has 0 radical (unpaired) electrons. The molecule has 0 aliphatic heterocycles. The highest BCUT2D eigenvalue weighted by Gasteiger charge is 2.20. The fraction of sp³-hybridized carbons (Fsp3) is 0.357. The molecule has 2 N–H and O–H groups in total. The molecule has 0 fully saturated rings. The Bertz CT molecular complexity index is 600. The van der Waals surface area contributed by atoms with Crippen LogP contribution >= 0.6 is 27.5 Å². The van der Waals surface area contributed by atoms with Gasteiger partial charge in [-0.05, 0) is 40.0 Å². The number of ether oxygens (including phenoxy) is 1. The van der Waals surface area contributed by atoms with Gasteiger partial charge < -0.3 is 10.5 Å². The lowest BCUT2D eigenvalue weighted by atomic mass is 9.99. The van der Waals surface area contributed by atoms with E-state index in [0.29, 0.717) is 13.2 Å². The van der Waals surface area contributed by atoms with E-state index in [0.717, 1.165) is 26.3 Å². The highest BCUT2D eigenvalue weighted by Crippen LogP contribution is 2.30. The van der Waals surface area contributed by atoms with Crippen molar-refractivity contribution >= 4 is 27.5 Å². The topological polar surface area (TPSA) is 53.1 Å². The van der Waals surface area contributed by atoms with E-state index >= 15 is 0 Å². The number of nitrogens with two attached hydrogens (primary N) is 1. The van der Waals surface area contributed by atoms with Crippen LogP contribution in [0.1, 0.15) is 22.9 Å². The Morgan fingerprint density at radius 3 is 2.95 bits per heavy atom. The number of hydrogen-bond acceptors (Lipinski definition) is 3. The van der Waals surface area contributed by atoms with Crippen LogP contribution in [0.2, 0.25) is 5.02 Å². The van der Waals surface area contributed by atoms with Crippen molar-refractivity contribution in [1.82, 2.24) is 9.78 Å². The predicted octanol–water partition coefficient (Wildman–Crippen LogP) is 3.30. The van der Waals surface area contributed by atoms with E-state index in [1.807, 2.05) is 29.8 Å². The van der Waals surface area contributed by atoms with Gasteiger partial charge in [0.25, 0.3) is 0 Å². The van der Waals surface area contributed by atoms with Crippen LogP contribution in [0.4, 0.5) is 0 Å². The molecule has 0 bridgehead atoms. The number of nitrogens with zero attached hydrogens (tertiary/aromatic N) is 2. The van der Waals surface area contributed by atoms with Gasteiger partial charge in [-0.25, -0.2) is 0 Å². The molecule has 6 heteroatoms. The first kappa shape index (κ1) is 15.5. The second-order valence-electron chi connectivity index (χ2n) is 4.53. The van der Waals surface area contributed by atoms with Crippen LogP contribution in [0.15, 0.2) is 28.9 Å². The summed E-state index contributed by atoms with van der Waals surface area (Å²) in [7, 11) is 1.67. The normalized spacial score (nSPS) is 12.7. The van der Waals surface area contributed by atoms with Crippen molar-refractivity contribution in [3.8, 4) is 0 Å². The van der Waals surface area contributed by atoms with E-state index in [9.17, 15) is 0 Å². The summed E-state index contributed by atoms with van der Waals surface area (Å²) in [6.45, 7) is 3.22. The van der Waals surface area contributed by atoms with Gasteiger partial charge in [0.15, 0.2) is 0 Å². The lowest BCUT2D eigenvalue weighted by Crippen LogP contribution is -2.20. The van der Waals surface area contributed by atoms with Gasteiger partial charge in [0.2, 0.25) is 0 Å². The zero-order valence-corrected chi connectivity index (χ0v) is 13.8. The summed E-state index contributed by atoms with van der Waals surface area (Å²) in [6.07, 6.45) is 1.75. The molecule has 1 aromatic carbocycles. The van der Waals surface area contributed by atoms with Crippen molar-refractivity contribution in [1.29, 1.82) is 0 Å². The Balaban J connectivity index is 2.40. The van der Waals surface area contributed by atoms with Gasteiger partial charge in [-0.2, -0.15) is 5.10 Å². The summed E-state index contributed by atoms with van der Waals surface area (Å²) >= 11 is 9.69. The third-order valence-corrected chi connectivity index (χ3v) is 4.30. The molecular formula is C14H17BrClN3O. The van der Waals surface area contributed by atoms with Crippen molar-refractivity contribution < 1.29 is 4.74 Å². The number of benzene rings is 1. The highest BCUT2D eigenvalue weighted by atomic mass is 79.9. The van der Waals surface area contributed by atoms with Crippen LogP contribution in [0.3, 0.4) is 0 Å². The summed E-state index contributed by atoms with van der Waals surface area (Å²) < 4.78 is 7.85. The third kappa shape index (κ3) is 3.06. The Labute approximate surface area is 132 Å². The second kappa shape index (κ2) is 6.72. The summed E-state index contributed by atoms with van der Waals surface area (Å²) in [4.78, 5) is 0. The monoisotopic (exact) mass is 357 g/mol. The maximum Gasteiger partial charge on any atom is 0.0740 e. The average Bonchev–Trinajstić information content (AvgIpc) is 2.80. The van der Waals surface area contributed by atoms with Crippen molar-refractivity contribution in [3.05, 3.63) is 50.7 Å². The fourth-order valence-electron chi connectivity index (χ4n) is 2.15. The zero-order chi connectivity index (χ0) is 14.7. The average molecular weight is 359 g/mol. The molecule has 2 aromatic rings. The third-order valence-electron chi connectivity index (χ3n) is 3.28. The molecule has 0 aliphatic carbocycles. The molecular weight excluding hydrogens is 342 g/mol. The van der Waals surface area contributed by atoms with Crippen LogP contribution < -0.4 is 5.73 Å². The van der Waals surface area contributed by atoms with Gasteiger partial charge in [-0.15, -0.1) is 0 Å². The van der Waals surface area contributed by atoms with Crippen molar-refractivity contribution in [2.75, 3.05) is 13.7 Å². The molecule has 4 nitrogen and oxygen atoms in total. The largest absolute Gasteiger partial charge is 0.383 e. The van der Waals surface area contributed by atoms with Gasteiger partial charge in [0, 0.05) is 12.1 Å². The Kier molecular flexibility index (Phi) is 5.21. The first-order valence-electron chi connectivity index (χ1n) is 6.27. The number of methoxy groups -OCH3 is 1. The van der Waals surface area contributed by atoms with Gasteiger partial charge in [-0.1, -0.05) is 23.7 Å². The molecule has 0 spiro atoms. The molecule has 108 valence electrons. The lowest BCUT2D eigenvalue weighted by Gasteiger charge is -2.18. The van der Waals surface area contributed by atoms with Crippen LogP contribution in [-0.4, -0.2) is 23.5 Å². The van der Waals surface area contributed by atoms with Crippen LogP contribution in [0.5, 0.6) is 0 Å². The van der Waals surface area contributed by atoms with E-state index < -0.39 is 0 Å². The molecule has 0 amide bonds.